The third-order valence-electron chi connectivity index (χ3n) is 6.43. The molecule has 0 bridgehead atoms. The number of carbonyl (C=O) groups excluding carboxylic acids is 3. The van der Waals surface area contributed by atoms with E-state index in [4.69, 9.17) is 20.8 Å². The zero-order valence-electron chi connectivity index (χ0n) is 21.1. The van der Waals surface area contributed by atoms with Crippen LogP contribution in [0.15, 0.2) is 95.6 Å². The molecule has 3 amide bonds. The van der Waals surface area contributed by atoms with Gasteiger partial charge in [0.15, 0.2) is 12.1 Å². The molecular weight excluding hydrogens is 518 g/mol. The lowest BCUT2D eigenvalue weighted by molar-refractivity contribution is -0.126. The van der Waals surface area contributed by atoms with Gasteiger partial charge in [-0.2, -0.15) is 0 Å². The summed E-state index contributed by atoms with van der Waals surface area (Å²) in [4.78, 5) is 40.5. The quantitative estimate of drug-likeness (QED) is 0.289. The molecule has 1 aliphatic rings. The van der Waals surface area contributed by atoms with Gasteiger partial charge in [0.2, 0.25) is 5.91 Å². The van der Waals surface area contributed by atoms with E-state index in [0.717, 1.165) is 11.1 Å². The molecule has 8 nitrogen and oxygen atoms in total. The van der Waals surface area contributed by atoms with Gasteiger partial charge in [-0.25, -0.2) is 4.79 Å². The summed E-state index contributed by atoms with van der Waals surface area (Å²) >= 11 is 5.99. The van der Waals surface area contributed by atoms with Crippen LogP contribution in [0, 0.1) is 6.92 Å². The van der Waals surface area contributed by atoms with Crippen molar-refractivity contribution in [3.8, 4) is 0 Å². The van der Waals surface area contributed by atoms with E-state index in [0.29, 0.717) is 27.6 Å². The molecular formula is C30H26ClN3O5. The number of benzene rings is 3. The molecule has 39 heavy (non-hydrogen) atoms. The van der Waals surface area contributed by atoms with Crippen LogP contribution in [0.1, 0.15) is 38.9 Å². The maximum Gasteiger partial charge on any atom is 0.411 e. The summed E-state index contributed by atoms with van der Waals surface area (Å²) in [6, 6.07) is 23.8. The van der Waals surface area contributed by atoms with Gasteiger partial charge in [0.05, 0.1) is 19.4 Å². The zero-order valence-corrected chi connectivity index (χ0v) is 21.9. The summed E-state index contributed by atoms with van der Waals surface area (Å²) in [5.41, 5.74) is 3.56. The highest BCUT2D eigenvalue weighted by Gasteiger charge is 2.47. The third-order valence-corrected chi connectivity index (χ3v) is 6.66. The van der Waals surface area contributed by atoms with Crippen molar-refractivity contribution in [1.82, 2.24) is 10.2 Å². The van der Waals surface area contributed by atoms with Crippen LogP contribution in [0.2, 0.25) is 5.02 Å². The molecule has 198 valence electrons. The van der Waals surface area contributed by atoms with E-state index >= 15 is 0 Å². The fourth-order valence-corrected chi connectivity index (χ4v) is 4.57. The first-order valence-electron chi connectivity index (χ1n) is 12.4. The Balaban J connectivity index is 1.36. The van der Waals surface area contributed by atoms with E-state index in [1.165, 1.54) is 11.2 Å². The van der Waals surface area contributed by atoms with Crippen molar-refractivity contribution in [2.45, 2.75) is 32.2 Å². The van der Waals surface area contributed by atoms with E-state index in [-0.39, 0.29) is 24.9 Å². The number of carbonyl (C=O) groups is 3. The Morgan fingerprint density at radius 3 is 2.44 bits per heavy atom. The van der Waals surface area contributed by atoms with E-state index in [2.05, 4.69) is 10.6 Å². The van der Waals surface area contributed by atoms with Crippen LogP contribution in [0.3, 0.4) is 0 Å². The first-order chi connectivity index (χ1) is 18.9. The summed E-state index contributed by atoms with van der Waals surface area (Å²) in [7, 11) is 0. The predicted octanol–water partition coefficient (Wildman–Crippen LogP) is 5.87. The van der Waals surface area contributed by atoms with Crippen LogP contribution >= 0.6 is 11.6 Å². The number of ether oxygens (including phenoxy) is 1. The Bertz CT molecular complexity index is 1470. The van der Waals surface area contributed by atoms with Crippen molar-refractivity contribution >= 4 is 35.2 Å². The monoisotopic (exact) mass is 543 g/mol. The molecule has 1 saturated heterocycles. The standard InChI is InChI=1S/C30H26ClN3O5/c1-19-7-9-20(10-8-19)18-34-26(29(36)32-17-25-6-3-15-38-25)27(39-30(34)37)21-11-13-24(14-12-21)33-28(35)22-4-2-5-23(31)16-22/h2-16,26-27H,17-18H2,1H3,(H,32,36)(H,33,35)/t26-,27+/m1/s1. The van der Waals surface area contributed by atoms with Crippen molar-refractivity contribution in [2.75, 3.05) is 5.32 Å². The number of rotatable bonds is 8. The largest absolute Gasteiger partial charge is 0.467 e. The van der Waals surface area contributed by atoms with Crippen molar-refractivity contribution in [2.24, 2.45) is 0 Å². The predicted molar refractivity (Wildman–Crippen MR) is 146 cm³/mol. The molecule has 0 radical (unpaired) electrons. The Hall–Kier alpha value is -4.56. The maximum absolute atomic E-state index is 13.4. The van der Waals surface area contributed by atoms with Crippen molar-refractivity contribution < 1.29 is 23.5 Å². The van der Waals surface area contributed by atoms with Crippen molar-refractivity contribution in [3.05, 3.63) is 124 Å². The minimum absolute atomic E-state index is 0.177. The fourth-order valence-electron chi connectivity index (χ4n) is 4.38. The van der Waals surface area contributed by atoms with Gasteiger partial charge in [-0.1, -0.05) is 59.6 Å². The average molecular weight is 544 g/mol. The second-order valence-electron chi connectivity index (χ2n) is 9.25. The maximum atomic E-state index is 13.4. The normalized spacial score (nSPS) is 16.6. The first kappa shape index (κ1) is 26.1. The van der Waals surface area contributed by atoms with Gasteiger partial charge in [-0.15, -0.1) is 0 Å². The van der Waals surface area contributed by atoms with Gasteiger partial charge in [-0.3, -0.25) is 14.5 Å². The molecule has 5 rings (SSSR count). The Kier molecular flexibility index (Phi) is 7.65. The van der Waals surface area contributed by atoms with Crippen LogP contribution in [0.4, 0.5) is 10.5 Å². The van der Waals surface area contributed by atoms with E-state index in [1.54, 1.807) is 60.7 Å². The zero-order chi connectivity index (χ0) is 27.4. The summed E-state index contributed by atoms with van der Waals surface area (Å²) in [6.45, 7) is 2.37. The summed E-state index contributed by atoms with van der Waals surface area (Å²) in [5.74, 6) is -0.0836. The second kappa shape index (κ2) is 11.4. The molecule has 2 atom stereocenters. The number of cyclic esters (lactones) is 1. The van der Waals surface area contributed by atoms with Crippen LogP contribution in [0.5, 0.6) is 0 Å². The number of hydrogen-bond donors (Lipinski definition) is 2. The molecule has 3 aromatic carbocycles. The van der Waals surface area contributed by atoms with Crippen LogP contribution < -0.4 is 10.6 Å². The highest BCUT2D eigenvalue weighted by Crippen LogP contribution is 2.34. The summed E-state index contributed by atoms with van der Waals surface area (Å²) < 4.78 is 11.1. The average Bonchev–Trinajstić information content (AvgIpc) is 3.57. The molecule has 0 spiro atoms. The smallest absolute Gasteiger partial charge is 0.411 e. The lowest BCUT2D eigenvalue weighted by Gasteiger charge is -2.24. The highest BCUT2D eigenvalue weighted by atomic mass is 35.5. The summed E-state index contributed by atoms with van der Waals surface area (Å²) in [6.07, 6.45) is 0.0948. The van der Waals surface area contributed by atoms with Crippen molar-refractivity contribution in [3.63, 3.8) is 0 Å². The lowest BCUT2D eigenvalue weighted by Crippen LogP contribution is -2.46. The minimum atomic E-state index is -0.916. The number of aryl methyl sites for hydroxylation is 1. The minimum Gasteiger partial charge on any atom is -0.467 e. The highest BCUT2D eigenvalue weighted by molar-refractivity contribution is 6.31. The SMILES string of the molecule is Cc1ccc(CN2C(=O)O[C@@H](c3ccc(NC(=O)c4cccc(Cl)c4)cc3)[C@@H]2C(=O)NCc2ccco2)cc1. The number of halogens is 1. The molecule has 2 N–H and O–H groups in total. The number of furan rings is 1. The number of amides is 3. The molecule has 0 saturated carbocycles. The third kappa shape index (κ3) is 6.13. The van der Waals surface area contributed by atoms with Crippen LogP contribution in [-0.2, 0) is 22.6 Å². The Labute approximate surface area is 230 Å². The molecule has 4 aromatic rings. The number of hydrogen-bond acceptors (Lipinski definition) is 5. The Morgan fingerprint density at radius 1 is 0.974 bits per heavy atom. The molecule has 1 aliphatic heterocycles. The second-order valence-corrected chi connectivity index (χ2v) is 9.68. The van der Waals surface area contributed by atoms with Gasteiger partial charge in [-0.05, 0) is 60.5 Å². The van der Waals surface area contributed by atoms with Crippen molar-refractivity contribution in [1.29, 1.82) is 0 Å². The van der Waals surface area contributed by atoms with Gasteiger partial charge < -0.3 is 19.8 Å². The Morgan fingerprint density at radius 2 is 1.74 bits per heavy atom. The summed E-state index contributed by atoms with van der Waals surface area (Å²) in [5, 5.41) is 6.15. The van der Waals surface area contributed by atoms with E-state index in [9.17, 15) is 14.4 Å². The molecule has 2 heterocycles. The molecule has 9 heteroatoms. The van der Waals surface area contributed by atoms with Crippen LogP contribution in [-0.4, -0.2) is 28.8 Å². The van der Waals surface area contributed by atoms with Gasteiger partial charge in [0.25, 0.3) is 5.91 Å². The van der Waals surface area contributed by atoms with Gasteiger partial charge in [0.1, 0.15) is 5.76 Å². The number of anilines is 1. The number of nitrogens with one attached hydrogen (secondary N) is 2. The molecule has 1 fully saturated rings. The molecule has 1 aromatic heterocycles. The van der Waals surface area contributed by atoms with Crippen LogP contribution in [0.25, 0.3) is 0 Å². The lowest BCUT2D eigenvalue weighted by atomic mass is 10.00. The first-order valence-corrected chi connectivity index (χ1v) is 12.7. The van der Waals surface area contributed by atoms with Gasteiger partial charge >= 0.3 is 6.09 Å². The topological polar surface area (TPSA) is 101 Å². The molecule has 0 aliphatic carbocycles. The fraction of sp³-hybridized carbons (Fsp3) is 0.167. The van der Waals surface area contributed by atoms with E-state index in [1.807, 2.05) is 31.2 Å². The molecule has 0 unspecified atom stereocenters. The van der Waals surface area contributed by atoms with Gasteiger partial charge in [0, 0.05) is 16.3 Å². The number of nitrogens with zero attached hydrogens (tertiary/aromatic N) is 1. The van der Waals surface area contributed by atoms with E-state index < -0.39 is 18.2 Å².